The summed E-state index contributed by atoms with van der Waals surface area (Å²) in [5.41, 5.74) is 5.65. The lowest BCUT2D eigenvalue weighted by Gasteiger charge is -2.32. The van der Waals surface area contributed by atoms with Crippen molar-refractivity contribution in [1.29, 1.82) is 0 Å². The fourth-order valence-corrected chi connectivity index (χ4v) is 3.34. The second kappa shape index (κ2) is 16.3. The highest BCUT2D eigenvalue weighted by atomic mass is 15.1. The summed E-state index contributed by atoms with van der Waals surface area (Å²) in [5.74, 6) is 0. The molecule has 28 heavy (non-hydrogen) atoms. The van der Waals surface area contributed by atoms with E-state index in [-0.39, 0.29) is 0 Å². The topological polar surface area (TPSA) is 15.3 Å². The summed E-state index contributed by atoms with van der Waals surface area (Å²) in [6, 6.07) is 9.39. The molecule has 0 saturated heterocycles. The largest absolute Gasteiger partial charge is 0.316 e. The van der Waals surface area contributed by atoms with Gasteiger partial charge in [0.15, 0.2) is 0 Å². The van der Waals surface area contributed by atoms with Crippen LogP contribution in [0.4, 0.5) is 0 Å². The summed E-state index contributed by atoms with van der Waals surface area (Å²) in [4.78, 5) is 2.59. The first-order valence-corrected chi connectivity index (χ1v) is 11.1. The molecule has 0 spiro atoms. The van der Waals surface area contributed by atoms with Gasteiger partial charge in [-0.3, -0.25) is 4.90 Å². The first-order valence-electron chi connectivity index (χ1n) is 11.1. The zero-order chi connectivity index (χ0) is 21.4. The standard InChI is InChI=1S/C22H32N2.2C2H6/c1-5-18(3)15-19(6-2)11-12-22(23-4)17-24-14-13-20-9-7-8-10-21(20)16-24;2*1-2/h5-10,15,22-23H,1,11-14,16-17H2,2-4H3;2*1-2H3/b18-15-,19-6-;;. The minimum atomic E-state index is 0.530. The van der Waals surface area contributed by atoms with Gasteiger partial charge in [-0.2, -0.15) is 0 Å². The lowest BCUT2D eigenvalue weighted by atomic mass is 9.98. The predicted octanol–water partition coefficient (Wildman–Crippen LogP) is 6.54. The Kier molecular flexibility index (Phi) is 15.4. The van der Waals surface area contributed by atoms with E-state index < -0.39 is 0 Å². The fourth-order valence-electron chi connectivity index (χ4n) is 3.34. The number of likely N-dealkylation sites (N-methyl/N-ethyl adjacent to an activating group) is 1. The molecule has 1 N–H and O–H groups in total. The van der Waals surface area contributed by atoms with Crippen LogP contribution in [0.15, 0.2) is 60.2 Å². The summed E-state index contributed by atoms with van der Waals surface area (Å²) >= 11 is 0. The van der Waals surface area contributed by atoms with E-state index in [1.54, 1.807) is 0 Å². The number of nitrogens with zero attached hydrogens (tertiary/aromatic N) is 1. The van der Waals surface area contributed by atoms with Crippen LogP contribution in [0.2, 0.25) is 0 Å². The van der Waals surface area contributed by atoms with Gasteiger partial charge in [-0.25, -0.2) is 0 Å². The normalized spacial score (nSPS) is 15.4. The molecule has 2 heteroatoms. The van der Waals surface area contributed by atoms with Crippen LogP contribution in [-0.2, 0) is 13.0 Å². The smallest absolute Gasteiger partial charge is 0.0237 e. The Hall–Kier alpha value is -1.64. The minimum Gasteiger partial charge on any atom is -0.316 e. The van der Waals surface area contributed by atoms with Crippen molar-refractivity contribution in [3.05, 3.63) is 71.3 Å². The summed E-state index contributed by atoms with van der Waals surface area (Å²) in [5, 5.41) is 3.51. The Labute approximate surface area is 175 Å². The summed E-state index contributed by atoms with van der Waals surface area (Å²) < 4.78 is 0. The molecule has 1 atom stereocenters. The molecular weight excluding hydrogens is 340 g/mol. The van der Waals surface area contributed by atoms with Crippen molar-refractivity contribution in [1.82, 2.24) is 10.2 Å². The summed E-state index contributed by atoms with van der Waals surface area (Å²) in [6.07, 6.45) is 9.83. The zero-order valence-corrected chi connectivity index (χ0v) is 19.5. The van der Waals surface area contributed by atoms with E-state index in [4.69, 9.17) is 0 Å². The third kappa shape index (κ3) is 9.52. The molecule has 0 saturated carbocycles. The number of hydrogen-bond acceptors (Lipinski definition) is 2. The predicted molar refractivity (Wildman–Crippen MR) is 128 cm³/mol. The molecule has 1 aliphatic heterocycles. The van der Waals surface area contributed by atoms with Crippen molar-refractivity contribution in [2.75, 3.05) is 20.1 Å². The number of allylic oxidation sites excluding steroid dienone is 5. The Balaban J connectivity index is 0.00000171. The van der Waals surface area contributed by atoms with E-state index in [1.807, 2.05) is 33.8 Å². The maximum absolute atomic E-state index is 3.84. The van der Waals surface area contributed by atoms with Gasteiger partial charge in [0.1, 0.15) is 0 Å². The molecule has 2 nitrogen and oxygen atoms in total. The molecule has 1 aliphatic rings. The highest BCUT2D eigenvalue weighted by Gasteiger charge is 2.18. The van der Waals surface area contributed by atoms with Crippen LogP contribution in [0.3, 0.4) is 0 Å². The molecule has 0 amide bonds. The first kappa shape index (κ1) is 26.4. The van der Waals surface area contributed by atoms with Crippen molar-refractivity contribution < 1.29 is 0 Å². The fraction of sp³-hybridized carbons (Fsp3) is 0.538. The van der Waals surface area contributed by atoms with Gasteiger partial charge in [-0.1, -0.05) is 87.9 Å². The molecule has 1 aromatic rings. The van der Waals surface area contributed by atoms with Crippen molar-refractivity contribution in [3.8, 4) is 0 Å². The number of nitrogens with one attached hydrogen (secondary N) is 1. The molecule has 0 radical (unpaired) electrons. The van der Waals surface area contributed by atoms with Gasteiger partial charge in [0, 0.05) is 25.7 Å². The number of fused-ring (bicyclic) bond motifs is 1. The Morgan fingerprint density at radius 2 is 1.82 bits per heavy atom. The molecule has 0 fully saturated rings. The molecular formula is C26H44N2. The van der Waals surface area contributed by atoms with Crippen molar-refractivity contribution in [2.24, 2.45) is 0 Å². The first-order chi connectivity index (χ1) is 13.7. The average molecular weight is 385 g/mol. The van der Waals surface area contributed by atoms with E-state index in [1.165, 1.54) is 35.2 Å². The molecule has 1 aromatic carbocycles. The van der Waals surface area contributed by atoms with E-state index in [0.717, 1.165) is 25.9 Å². The SMILES string of the molecule is C=C/C(C)=C\C(=C/C)CCC(CN1CCc2ccccc2C1)NC.CC.CC. The number of hydrogen-bond donors (Lipinski definition) is 1. The Morgan fingerprint density at radius 3 is 2.39 bits per heavy atom. The number of rotatable bonds is 8. The Bertz CT molecular complexity index is 598. The minimum absolute atomic E-state index is 0.530. The second-order valence-corrected chi connectivity index (χ2v) is 6.73. The van der Waals surface area contributed by atoms with Crippen molar-refractivity contribution in [3.63, 3.8) is 0 Å². The average Bonchev–Trinajstić information content (AvgIpc) is 2.77. The van der Waals surface area contributed by atoms with E-state index in [9.17, 15) is 0 Å². The van der Waals surface area contributed by atoms with Crippen LogP contribution in [0, 0.1) is 0 Å². The van der Waals surface area contributed by atoms with E-state index >= 15 is 0 Å². The molecule has 1 unspecified atom stereocenters. The lowest BCUT2D eigenvalue weighted by Crippen LogP contribution is -2.41. The highest BCUT2D eigenvalue weighted by Crippen LogP contribution is 2.19. The van der Waals surface area contributed by atoms with Gasteiger partial charge in [0.2, 0.25) is 0 Å². The van der Waals surface area contributed by atoms with Gasteiger partial charge < -0.3 is 5.32 Å². The van der Waals surface area contributed by atoms with E-state index in [2.05, 4.69) is 74.1 Å². The maximum Gasteiger partial charge on any atom is 0.0237 e. The summed E-state index contributed by atoms with van der Waals surface area (Å²) in [6.45, 7) is 19.4. The third-order valence-corrected chi connectivity index (χ3v) is 4.98. The van der Waals surface area contributed by atoms with Gasteiger partial charge in [0.25, 0.3) is 0 Å². The third-order valence-electron chi connectivity index (χ3n) is 4.98. The van der Waals surface area contributed by atoms with E-state index in [0.29, 0.717) is 6.04 Å². The van der Waals surface area contributed by atoms with Crippen LogP contribution in [0.5, 0.6) is 0 Å². The second-order valence-electron chi connectivity index (χ2n) is 6.73. The van der Waals surface area contributed by atoms with Crippen LogP contribution in [0.25, 0.3) is 0 Å². The quantitative estimate of drug-likeness (QED) is 0.512. The van der Waals surface area contributed by atoms with Gasteiger partial charge in [0.05, 0.1) is 0 Å². The number of benzene rings is 1. The monoisotopic (exact) mass is 384 g/mol. The Morgan fingerprint density at radius 1 is 1.18 bits per heavy atom. The molecule has 0 aliphatic carbocycles. The zero-order valence-electron chi connectivity index (χ0n) is 19.5. The molecule has 1 heterocycles. The maximum atomic E-state index is 3.84. The molecule has 2 rings (SSSR count). The van der Waals surface area contributed by atoms with Gasteiger partial charge in [-0.15, -0.1) is 0 Å². The molecule has 158 valence electrons. The van der Waals surface area contributed by atoms with Crippen LogP contribution in [0.1, 0.15) is 65.5 Å². The molecule has 0 aromatic heterocycles. The highest BCUT2D eigenvalue weighted by molar-refractivity contribution is 5.29. The van der Waals surface area contributed by atoms with Gasteiger partial charge in [-0.05, 0) is 51.3 Å². The van der Waals surface area contributed by atoms with Crippen molar-refractivity contribution >= 4 is 0 Å². The van der Waals surface area contributed by atoms with Crippen LogP contribution < -0.4 is 5.32 Å². The van der Waals surface area contributed by atoms with Gasteiger partial charge >= 0.3 is 0 Å². The van der Waals surface area contributed by atoms with Crippen molar-refractivity contribution in [2.45, 2.75) is 73.4 Å². The van der Waals surface area contributed by atoms with Crippen LogP contribution in [-0.4, -0.2) is 31.1 Å². The van der Waals surface area contributed by atoms with Crippen LogP contribution >= 0.6 is 0 Å². The summed E-state index contributed by atoms with van der Waals surface area (Å²) in [7, 11) is 2.09. The lowest BCUT2D eigenvalue weighted by molar-refractivity contribution is 0.223. The molecule has 0 bridgehead atoms.